The molecular formula is C27H26N4O4. The van der Waals surface area contributed by atoms with Crippen LogP contribution in [0.25, 0.3) is 22.0 Å². The fraction of sp³-hybridized carbons (Fsp3) is 0.185. The Morgan fingerprint density at radius 1 is 1.09 bits per heavy atom. The van der Waals surface area contributed by atoms with Crippen molar-refractivity contribution in [3.05, 3.63) is 94.2 Å². The number of benzene rings is 3. The third-order valence-corrected chi connectivity index (χ3v) is 5.56. The number of carbonyl (C=O) groups excluding carboxylic acids is 1. The van der Waals surface area contributed by atoms with Gasteiger partial charge in [0.15, 0.2) is 0 Å². The largest absolute Gasteiger partial charge is 0.494 e. The topological polar surface area (TPSA) is 110 Å². The second-order valence-electron chi connectivity index (χ2n) is 8.05. The number of nitro benzene ring substituents is 1. The lowest BCUT2D eigenvalue weighted by Gasteiger charge is -2.06. The maximum atomic E-state index is 13.0. The zero-order valence-corrected chi connectivity index (χ0v) is 19.4. The van der Waals surface area contributed by atoms with Crippen molar-refractivity contribution < 1.29 is 14.5 Å². The minimum Gasteiger partial charge on any atom is -0.494 e. The lowest BCUT2D eigenvalue weighted by atomic mass is 10.0. The number of hydrazone groups is 1. The van der Waals surface area contributed by atoms with Gasteiger partial charge in [0.05, 0.1) is 17.7 Å². The minimum atomic E-state index is -0.452. The molecule has 1 heterocycles. The zero-order valence-electron chi connectivity index (χ0n) is 19.4. The molecule has 8 heteroatoms. The van der Waals surface area contributed by atoms with E-state index in [1.54, 1.807) is 12.3 Å². The normalized spacial score (nSPS) is 11.1. The van der Waals surface area contributed by atoms with Gasteiger partial charge in [-0.2, -0.15) is 5.10 Å². The van der Waals surface area contributed by atoms with Crippen molar-refractivity contribution in [2.24, 2.45) is 5.10 Å². The van der Waals surface area contributed by atoms with Gasteiger partial charge in [0, 0.05) is 28.6 Å². The molecule has 0 fully saturated rings. The number of ether oxygens (including phenoxy) is 1. The second kappa shape index (κ2) is 11.1. The first-order valence-corrected chi connectivity index (χ1v) is 11.5. The molecule has 0 unspecified atom stereocenters. The molecule has 1 aromatic heterocycles. The predicted octanol–water partition coefficient (Wildman–Crippen LogP) is 6.08. The minimum absolute atomic E-state index is 0.0450. The number of hydrogen-bond donors (Lipinski definition) is 2. The fourth-order valence-corrected chi connectivity index (χ4v) is 3.78. The van der Waals surface area contributed by atoms with Crippen molar-refractivity contribution in [1.82, 2.24) is 10.4 Å². The summed E-state index contributed by atoms with van der Waals surface area (Å²) >= 11 is 0. The van der Waals surface area contributed by atoms with Crippen LogP contribution < -0.4 is 10.2 Å². The molecule has 0 saturated heterocycles. The Hall–Kier alpha value is -4.46. The van der Waals surface area contributed by atoms with Gasteiger partial charge in [-0.1, -0.05) is 50.1 Å². The van der Waals surface area contributed by atoms with Crippen molar-refractivity contribution in [2.75, 3.05) is 6.61 Å². The highest BCUT2D eigenvalue weighted by molar-refractivity contribution is 6.10. The molecule has 0 bridgehead atoms. The van der Waals surface area contributed by atoms with Gasteiger partial charge >= 0.3 is 0 Å². The standard InChI is InChI=1S/C27H26N4O4/c1-2-3-7-16-35-22-13-10-19(11-14-22)18-28-30-27(32)26-25(20-8-5-4-6-9-20)23-17-21(31(33)34)12-15-24(23)29-26/h4-6,8-15,17-18,29H,2-3,7,16H2,1H3,(H,30,32)/b28-18-. The molecule has 3 aromatic carbocycles. The summed E-state index contributed by atoms with van der Waals surface area (Å²) in [5, 5.41) is 16.0. The van der Waals surface area contributed by atoms with Crippen molar-refractivity contribution in [2.45, 2.75) is 26.2 Å². The monoisotopic (exact) mass is 470 g/mol. The van der Waals surface area contributed by atoms with Crippen molar-refractivity contribution in [3.63, 3.8) is 0 Å². The fourth-order valence-electron chi connectivity index (χ4n) is 3.78. The maximum absolute atomic E-state index is 13.0. The Balaban J connectivity index is 1.53. The van der Waals surface area contributed by atoms with Gasteiger partial charge < -0.3 is 9.72 Å². The molecule has 0 spiro atoms. The number of nitrogens with zero attached hydrogens (tertiary/aromatic N) is 2. The highest BCUT2D eigenvalue weighted by Crippen LogP contribution is 2.34. The Labute approximate surface area is 202 Å². The molecule has 1 amide bonds. The maximum Gasteiger partial charge on any atom is 0.288 e. The molecule has 35 heavy (non-hydrogen) atoms. The highest BCUT2D eigenvalue weighted by Gasteiger charge is 2.21. The van der Waals surface area contributed by atoms with Gasteiger partial charge in [0.1, 0.15) is 11.4 Å². The number of unbranched alkanes of at least 4 members (excludes halogenated alkanes) is 2. The van der Waals surface area contributed by atoms with Gasteiger partial charge in [-0.3, -0.25) is 14.9 Å². The first kappa shape index (κ1) is 23.7. The first-order valence-electron chi connectivity index (χ1n) is 11.5. The number of carbonyl (C=O) groups is 1. The van der Waals surface area contributed by atoms with Crippen LogP contribution in [0.4, 0.5) is 5.69 Å². The van der Waals surface area contributed by atoms with Crippen molar-refractivity contribution in [3.8, 4) is 16.9 Å². The number of H-pyrrole nitrogens is 1. The number of nitrogens with one attached hydrogen (secondary N) is 2. The van der Waals surface area contributed by atoms with Gasteiger partial charge in [0.25, 0.3) is 11.6 Å². The Bertz CT molecular complexity index is 1350. The summed E-state index contributed by atoms with van der Waals surface area (Å²) in [4.78, 5) is 27.0. The molecule has 0 aliphatic rings. The van der Waals surface area contributed by atoms with Crippen molar-refractivity contribution in [1.29, 1.82) is 0 Å². The van der Waals surface area contributed by atoms with Crippen LogP contribution in [0, 0.1) is 10.1 Å². The van der Waals surface area contributed by atoms with Crippen LogP contribution in [0.3, 0.4) is 0 Å². The van der Waals surface area contributed by atoms with Crippen LogP contribution in [0.2, 0.25) is 0 Å². The van der Waals surface area contributed by atoms with E-state index in [0.29, 0.717) is 23.1 Å². The SMILES string of the molecule is CCCCCOc1ccc(/C=N\NC(=O)c2[nH]c3ccc([N+](=O)[O-])cc3c2-c2ccccc2)cc1. The number of hydrogen-bond acceptors (Lipinski definition) is 5. The van der Waals surface area contributed by atoms with Crippen LogP contribution in [0.5, 0.6) is 5.75 Å². The number of non-ortho nitro benzene ring substituents is 1. The summed E-state index contributed by atoms with van der Waals surface area (Å²) in [6, 6.07) is 21.2. The first-order chi connectivity index (χ1) is 17.1. The van der Waals surface area contributed by atoms with Crippen LogP contribution in [-0.2, 0) is 0 Å². The lowest BCUT2D eigenvalue weighted by molar-refractivity contribution is -0.384. The van der Waals surface area contributed by atoms with E-state index in [4.69, 9.17) is 4.74 Å². The van der Waals surface area contributed by atoms with E-state index in [2.05, 4.69) is 22.4 Å². The molecule has 8 nitrogen and oxygen atoms in total. The molecule has 0 radical (unpaired) electrons. The van der Waals surface area contributed by atoms with Gasteiger partial charge in [-0.15, -0.1) is 0 Å². The molecule has 0 atom stereocenters. The third-order valence-electron chi connectivity index (χ3n) is 5.56. The van der Waals surface area contributed by atoms with E-state index < -0.39 is 10.8 Å². The van der Waals surface area contributed by atoms with E-state index in [-0.39, 0.29) is 11.4 Å². The quantitative estimate of drug-likeness (QED) is 0.127. The summed E-state index contributed by atoms with van der Waals surface area (Å²) in [6.45, 7) is 2.84. The molecular weight excluding hydrogens is 444 g/mol. The van der Waals surface area contributed by atoms with E-state index in [1.807, 2.05) is 54.6 Å². The number of aromatic nitrogens is 1. The van der Waals surface area contributed by atoms with Crippen LogP contribution in [0.1, 0.15) is 42.2 Å². The third kappa shape index (κ3) is 5.73. The highest BCUT2D eigenvalue weighted by atomic mass is 16.6. The van der Waals surface area contributed by atoms with E-state index >= 15 is 0 Å². The Kier molecular flexibility index (Phi) is 7.52. The molecule has 0 aliphatic carbocycles. The summed E-state index contributed by atoms with van der Waals surface area (Å²) in [6.07, 6.45) is 4.87. The van der Waals surface area contributed by atoms with E-state index in [9.17, 15) is 14.9 Å². The van der Waals surface area contributed by atoms with E-state index in [1.165, 1.54) is 12.1 Å². The second-order valence-corrected chi connectivity index (χ2v) is 8.05. The van der Waals surface area contributed by atoms with Gasteiger partial charge in [0.2, 0.25) is 0 Å². The average Bonchev–Trinajstić information content (AvgIpc) is 3.27. The van der Waals surface area contributed by atoms with Crippen molar-refractivity contribution >= 4 is 28.7 Å². The molecule has 0 aliphatic heterocycles. The smallest absolute Gasteiger partial charge is 0.288 e. The summed E-state index contributed by atoms with van der Waals surface area (Å²) in [5.74, 6) is 0.344. The van der Waals surface area contributed by atoms with Gasteiger partial charge in [-0.25, -0.2) is 5.43 Å². The lowest BCUT2D eigenvalue weighted by Crippen LogP contribution is -2.18. The molecule has 178 valence electrons. The van der Waals surface area contributed by atoms with Crippen LogP contribution in [0.15, 0.2) is 77.9 Å². The zero-order chi connectivity index (χ0) is 24.6. The molecule has 4 aromatic rings. The predicted molar refractivity (Wildman–Crippen MR) is 137 cm³/mol. The molecule has 2 N–H and O–H groups in total. The number of fused-ring (bicyclic) bond motifs is 1. The Morgan fingerprint density at radius 2 is 1.86 bits per heavy atom. The summed E-state index contributed by atoms with van der Waals surface area (Å²) < 4.78 is 5.71. The number of rotatable bonds is 10. The number of aromatic amines is 1. The number of nitro groups is 1. The average molecular weight is 471 g/mol. The Morgan fingerprint density at radius 3 is 2.57 bits per heavy atom. The molecule has 4 rings (SSSR count). The summed E-state index contributed by atoms with van der Waals surface area (Å²) in [5.41, 5.74) is 5.57. The molecule has 0 saturated carbocycles. The number of amides is 1. The van der Waals surface area contributed by atoms with Crippen LogP contribution >= 0.6 is 0 Å². The van der Waals surface area contributed by atoms with Crippen LogP contribution in [-0.4, -0.2) is 28.6 Å². The van der Waals surface area contributed by atoms with E-state index in [0.717, 1.165) is 36.1 Å². The summed E-state index contributed by atoms with van der Waals surface area (Å²) in [7, 11) is 0. The van der Waals surface area contributed by atoms with Gasteiger partial charge in [-0.05, 0) is 47.9 Å².